The van der Waals surface area contributed by atoms with Gasteiger partial charge in [0.2, 0.25) is 5.91 Å². The number of carbonyl (C=O) groups excluding carboxylic acids is 2. The van der Waals surface area contributed by atoms with E-state index < -0.39 is 11.7 Å². The average Bonchev–Trinajstić information content (AvgIpc) is 2.94. The van der Waals surface area contributed by atoms with Crippen LogP contribution in [0.25, 0.3) is 0 Å². The van der Waals surface area contributed by atoms with Gasteiger partial charge in [-0.3, -0.25) is 9.59 Å². The van der Waals surface area contributed by atoms with E-state index in [9.17, 15) is 14.0 Å². The van der Waals surface area contributed by atoms with Gasteiger partial charge in [-0.25, -0.2) is 4.39 Å². The van der Waals surface area contributed by atoms with Gasteiger partial charge in [0.05, 0.1) is 10.6 Å². The fourth-order valence-corrected chi connectivity index (χ4v) is 2.61. The largest absolute Gasteiger partial charge is 0.396 e. The van der Waals surface area contributed by atoms with Gasteiger partial charge in [0.25, 0.3) is 5.91 Å². The lowest BCUT2D eigenvalue weighted by atomic mass is 10.1. The van der Waals surface area contributed by atoms with Crippen molar-refractivity contribution in [3.8, 4) is 0 Å². The first-order valence-electron chi connectivity index (χ1n) is 7.31. The molecule has 1 aromatic rings. The normalized spacial score (nSPS) is 19.6. The minimum atomic E-state index is -0.517. The topological polar surface area (TPSA) is 78.4 Å². The second-order valence-electron chi connectivity index (χ2n) is 5.37. The van der Waals surface area contributed by atoms with Gasteiger partial charge in [-0.15, -0.1) is 0 Å². The van der Waals surface area contributed by atoms with Crippen molar-refractivity contribution in [1.29, 1.82) is 0 Å². The third-order valence-electron chi connectivity index (χ3n) is 3.57. The summed E-state index contributed by atoms with van der Waals surface area (Å²) < 4.78 is 12.9. The number of carbonyl (C=O) groups is 2. The Bertz CT molecular complexity index is 621. The van der Waals surface area contributed by atoms with Gasteiger partial charge in [0.15, 0.2) is 0 Å². The zero-order valence-electron chi connectivity index (χ0n) is 12.4. The molecule has 0 fully saturated rings. The molecular weight excluding hydrogens is 323 g/mol. The number of aliphatic hydroxyl groups is 1. The van der Waals surface area contributed by atoms with Crippen LogP contribution in [0.4, 0.5) is 4.39 Å². The zero-order chi connectivity index (χ0) is 16.8. The summed E-state index contributed by atoms with van der Waals surface area (Å²) in [6.07, 6.45) is 4.54. The van der Waals surface area contributed by atoms with E-state index in [1.54, 1.807) is 0 Å². The van der Waals surface area contributed by atoms with Crippen LogP contribution in [0.1, 0.15) is 23.2 Å². The number of amides is 2. The highest BCUT2D eigenvalue weighted by Crippen LogP contribution is 2.18. The first-order chi connectivity index (χ1) is 11.0. The third kappa shape index (κ3) is 5.04. The summed E-state index contributed by atoms with van der Waals surface area (Å²) in [6, 6.07) is 3.43. The highest BCUT2D eigenvalue weighted by molar-refractivity contribution is 6.33. The first-order valence-corrected chi connectivity index (χ1v) is 7.69. The summed E-state index contributed by atoms with van der Waals surface area (Å²) in [5.41, 5.74) is 0.165. The minimum Gasteiger partial charge on any atom is -0.396 e. The quantitative estimate of drug-likeness (QED) is 0.689. The lowest BCUT2D eigenvalue weighted by molar-refractivity contribution is -0.121. The van der Waals surface area contributed by atoms with Crippen molar-refractivity contribution in [2.24, 2.45) is 5.92 Å². The van der Waals surface area contributed by atoms with Crippen LogP contribution in [0, 0.1) is 11.7 Å². The van der Waals surface area contributed by atoms with E-state index >= 15 is 0 Å². The van der Waals surface area contributed by atoms with Crippen molar-refractivity contribution in [2.75, 3.05) is 13.2 Å². The first kappa shape index (κ1) is 17.4. The summed E-state index contributed by atoms with van der Waals surface area (Å²) in [4.78, 5) is 23.7. The predicted molar refractivity (Wildman–Crippen MR) is 84.6 cm³/mol. The molecule has 0 heterocycles. The molecule has 1 aromatic carbocycles. The third-order valence-corrected chi connectivity index (χ3v) is 3.88. The van der Waals surface area contributed by atoms with Crippen LogP contribution in [-0.4, -0.2) is 36.1 Å². The van der Waals surface area contributed by atoms with Gasteiger partial charge >= 0.3 is 0 Å². The van der Waals surface area contributed by atoms with Crippen LogP contribution in [0.5, 0.6) is 0 Å². The molecule has 0 radical (unpaired) electrons. The number of rotatable bonds is 6. The molecule has 1 aliphatic rings. The zero-order valence-corrected chi connectivity index (χ0v) is 13.1. The van der Waals surface area contributed by atoms with Crippen molar-refractivity contribution >= 4 is 23.4 Å². The summed E-state index contributed by atoms with van der Waals surface area (Å²) in [5, 5.41) is 14.4. The van der Waals surface area contributed by atoms with Gasteiger partial charge in [0.1, 0.15) is 5.82 Å². The Morgan fingerprint density at radius 3 is 2.78 bits per heavy atom. The molecule has 3 N–H and O–H groups in total. The number of hydrogen-bond acceptors (Lipinski definition) is 3. The maximum absolute atomic E-state index is 12.9. The SMILES string of the molecule is O=C(CCNC(=O)c1ccc(F)cc1Cl)N[C@@H]1C=C[C@H](CO)C1. The smallest absolute Gasteiger partial charge is 0.252 e. The van der Waals surface area contributed by atoms with Crippen molar-refractivity contribution < 1.29 is 19.1 Å². The molecule has 124 valence electrons. The van der Waals surface area contributed by atoms with Crippen molar-refractivity contribution in [2.45, 2.75) is 18.9 Å². The Kier molecular flexibility index (Phi) is 6.12. The number of benzene rings is 1. The highest BCUT2D eigenvalue weighted by Gasteiger charge is 2.19. The van der Waals surface area contributed by atoms with Crippen LogP contribution in [-0.2, 0) is 4.79 Å². The molecule has 0 spiro atoms. The predicted octanol–water partition coefficient (Wildman–Crippen LogP) is 1.65. The molecule has 0 saturated heterocycles. The van der Waals surface area contributed by atoms with Crippen LogP contribution >= 0.6 is 11.6 Å². The van der Waals surface area contributed by atoms with Gasteiger partial charge in [-0.2, -0.15) is 0 Å². The van der Waals surface area contributed by atoms with E-state index in [0.29, 0.717) is 6.42 Å². The molecule has 2 amide bonds. The fourth-order valence-electron chi connectivity index (χ4n) is 2.35. The van der Waals surface area contributed by atoms with E-state index in [1.807, 2.05) is 12.2 Å². The summed E-state index contributed by atoms with van der Waals surface area (Å²) in [6.45, 7) is 0.218. The number of nitrogens with one attached hydrogen (secondary N) is 2. The molecule has 5 nitrogen and oxygen atoms in total. The van der Waals surface area contributed by atoms with E-state index in [2.05, 4.69) is 10.6 Å². The summed E-state index contributed by atoms with van der Waals surface area (Å²) >= 11 is 5.80. The molecule has 0 saturated carbocycles. The van der Waals surface area contributed by atoms with Crippen molar-refractivity contribution in [3.05, 3.63) is 46.8 Å². The molecule has 2 rings (SSSR count). The highest BCUT2D eigenvalue weighted by atomic mass is 35.5. The van der Waals surface area contributed by atoms with Crippen molar-refractivity contribution in [1.82, 2.24) is 10.6 Å². The van der Waals surface area contributed by atoms with E-state index in [1.165, 1.54) is 6.07 Å². The van der Waals surface area contributed by atoms with Gasteiger partial charge in [0, 0.05) is 31.5 Å². The Balaban J connectivity index is 1.73. The number of halogens is 2. The maximum atomic E-state index is 12.9. The molecule has 0 bridgehead atoms. The Morgan fingerprint density at radius 1 is 1.35 bits per heavy atom. The summed E-state index contributed by atoms with van der Waals surface area (Å²) in [7, 11) is 0. The molecule has 23 heavy (non-hydrogen) atoms. The molecule has 1 aliphatic carbocycles. The monoisotopic (exact) mass is 340 g/mol. The van der Waals surface area contributed by atoms with E-state index in [4.69, 9.17) is 16.7 Å². The Hall–Kier alpha value is -1.92. The van der Waals surface area contributed by atoms with Crippen molar-refractivity contribution in [3.63, 3.8) is 0 Å². The molecule has 7 heteroatoms. The Morgan fingerprint density at radius 2 is 2.13 bits per heavy atom. The molecular formula is C16H18ClFN2O3. The number of aliphatic hydroxyl groups excluding tert-OH is 1. The average molecular weight is 341 g/mol. The lowest BCUT2D eigenvalue weighted by Crippen LogP contribution is -2.35. The van der Waals surface area contributed by atoms with Gasteiger partial charge in [-0.05, 0) is 24.6 Å². The molecule has 0 aromatic heterocycles. The fraction of sp³-hybridized carbons (Fsp3) is 0.375. The molecule has 0 aliphatic heterocycles. The van der Waals surface area contributed by atoms with Crippen LogP contribution in [0.15, 0.2) is 30.4 Å². The van der Waals surface area contributed by atoms with Crippen LogP contribution in [0.2, 0.25) is 5.02 Å². The second kappa shape index (κ2) is 8.08. The standard InChI is InChI=1S/C16H18ClFN2O3/c17-14-8-11(18)2-4-13(14)16(23)19-6-5-15(22)20-12-3-1-10(7-12)9-21/h1-4,8,10,12,21H,5-7,9H2,(H,19,23)(H,20,22)/t10-,12+/m0/s1. The lowest BCUT2D eigenvalue weighted by Gasteiger charge is -2.13. The van der Waals surface area contributed by atoms with E-state index in [0.717, 1.165) is 12.1 Å². The van der Waals surface area contributed by atoms with Gasteiger partial charge in [-0.1, -0.05) is 23.8 Å². The van der Waals surface area contributed by atoms with Crippen LogP contribution in [0.3, 0.4) is 0 Å². The minimum absolute atomic E-state index is 0.0260. The second-order valence-corrected chi connectivity index (χ2v) is 5.77. The molecule has 2 atom stereocenters. The molecule has 0 unspecified atom stereocenters. The Labute approximate surface area is 138 Å². The number of hydrogen-bond donors (Lipinski definition) is 3. The van der Waals surface area contributed by atoms with Gasteiger partial charge < -0.3 is 15.7 Å². The maximum Gasteiger partial charge on any atom is 0.252 e. The van der Waals surface area contributed by atoms with E-state index in [-0.39, 0.29) is 48.0 Å². The summed E-state index contributed by atoms with van der Waals surface area (Å²) in [5.74, 6) is -1.08. The van der Waals surface area contributed by atoms with Crippen LogP contribution < -0.4 is 10.6 Å².